The lowest BCUT2D eigenvalue weighted by molar-refractivity contribution is -0.148. The molecule has 0 saturated heterocycles. The molecule has 0 aromatic heterocycles. The van der Waals surface area contributed by atoms with Crippen LogP contribution in [0.4, 0.5) is 0 Å². The third-order valence-electron chi connectivity index (χ3n) is 2.95. The first-order valence-electron chi connectivity index (χ1n) is 7.50. The number of ether oxygens (including phenoxy) is 1. The Bertz CT molecular complexity index is 684. The van der Waals surface area contributed by atoms with E-state index in [1.54, 1.807) is 26.0 Å². The van der Waals surface area contributed by atoms with Gasteiger partial charge in [-0.3, -0.25) is 9.59 Å². The van der Waals surface area contributed by atoms with Crippen LogP contribution in [0.15, 0.2) is 24.3 Å². The number of rotatable bonds is 8. The van der Waals surface area contributed by atoms with E-state index in [1.807, 2.05) is 0 Å². The van der Waals surface area contributed by atoms with Gasteiger partial charge in [-0.15, -0.1) is 0 Å². The minimum atomic E-state index is -3.65. The number of benzene rings is 1. The predicted octanol–water partition coefficient (Wildman–Crippen LogP) is 1.59. The highest BCUT2D eigenvalue weighted by atomic mass is 32.2. The van der Waals surface area contributed by atoms with Crippen molar-refractivity contribution < 1.29 is 26.9 Å². The summed E-state index contributed by atoms with van der Waals surface area (Å²) in [6, 6.07) is 6.41. The van der Waals surface area contributed by atoms with Gasteiger partial charge in [0.15, 0.2) is 0 Å². The van der Waals surface area contributed by atoms with E-state index in [0.717, 1.165) is 6.26 Å². The van der Waals surface area contributed by atoms with E-state index >= 15 is 0 Å². The number of carbonyl (C=O) groups is 2. The molecular formula is C16H23NO6S. The first-order chi connectivity index (χ1) is 11.1. The van der Waals surface area contributed by atoms with E-state index < -0.39 is 16.1 Å². The summed E-state index contributed by atoms with van der Waals surface area (Å²) < 4.78 is 32.5. The normalized spacial score (nSPS) is 12.5. The van der Waals surface area contributed by atoms with Crippen molar-refractivity contribution in [3.8, 4) is 5.75 Å². The van der Waals surface area contributed by atoms with Crippen LogP contribution in [0.2, 0.25) is 0 Å². The smallest absolute Gasteiger partial charge is 0.306 e. The van der Waals surface area contributed by atoms with Crippen LogP contribution in [-0.4, -0.2) is 39.2 Å². The molecule has 1 N–H and O–H groups in total. The molecule has 1 aromatic rings. The monoisotopic (exact) mass is 357 g/mol. The van der Waals surface area contributed by atoms with Crippen molar-refractivity contribution in [3.63, 3.8) is 0 Å². The lowest BCUT2D eigenvalue weighted by atomic mass is 9.95. The molecule has 1 aromatic carbocycles. The van der Waals surface area contributed by atoms with Crippen molar-refractivity contribution in [3.05, 3.63) is 29.8 Å². The van der Waals surface area contributed by atoms with Gasteiger partial charge in [0.05, 0.1) is 18.8 Å². The fourth-order valence-electron chi connectivity index (χ4n) is 2.08. The highest BCUT2D eigenvalue weighted by Crippen LogP contribution is 2.25. The molecule has 1 atom stereocenters. The summed E-state index contributed by atoms with van der Waals surface area (Å²) in [7, 11) is -3.65. The Kier molecular flexibility index (Phi) is 7.21. The van der Waals surface area contributed by atoms with Gasteiger partial charge in [-0.25, -0.2) is 0 Å². The van der Waals surface area contributed by atoms with Gasteiger partial charge >= 0.3 is 16.1 Å². The predicted molar refractivity (Wildman–Crippen MR) is 89.2 cm³/mol. The molecule has 0 radical (unpaired) electrons. The van der Waals surface area contributed by atoms with Crippen LogP contribution in [0.25, 0.3) is 0 Å². The summed E-state index contributed by atoms with van der Waals surface area (Å²) in [6.07, 6.45) is 0.772. The van der Waals surface area contributed by atoms with E-state index in [1.165, 1.54) is 19.1 Å². The molecule has 0 fully saturated rings. The number of nitrogens with one attached hydrogen (secondary N) is 1. The SMILES string of the molecule is CC(=O)NCC(CC(=O)OC(C)C)c1cccc(OS(C)(=O)=O)c1. The Morgan fingerprint density at radius 1 is 1.25 bits per heavy atom. The lowest BCUT2D eigenvalue weighted by Gasteiger charge is -2.18. The van der Waals surface area contributed by atoms with Crippen LogP contribution < -0.4 is 9.50 Å². The van der Waals surface area contributed by atoms with Gasteiger partial charge in [0.2, 0.25) is 5.91 Å². The number of hydrogen-bond acceptors (Lipinski definition) is 6. The molecule has 0 aliphatic rings. The zero-order valence-electron chi connectivity index (χ0n) is 14.2. The Labute approximate surface area is 142 Å². The molecule has 0 heterocycles. The Hall–Kier alpha value is -2.09. The Morgan fingerprint density at radius 2 is 1.92 bits per heavy atom. The van der Waals surface area contributed by atoms with Gasteiger partial charge in [-0.05, 0) is 31.5 Å². The van der Waals surface area contributed by atoms with Crippen molar-refractivity contribution in [2.45, 2.75) is 39.2 Å². The molecule has 0 aliphatic heterocycles. The molecule has 1 unspecified atom stereocenters. The maximum Gasteiger partial charge on any atom is 0.306 e. The molecule has 0 saturated carbocycles. The first kappa shape index (κ1) is 20.0. The fourth-order valence-corrected chi connectivity index (χ4v) is 2.54. The van der Waals surface area contributed by atoms with Crippen LogP contribution in [0.5, 0.6) is 5.75 Å². The molecule has 24 heavy (non-hydrogen) atoms. The van der Waals surface area contributed by atoms with E-state index in [2.05, 4.69) is 5.32 Å². The summed E-state index contributed by atoms with van der Waals surface area (Å²) in [4.78, 5) is 23.1. The minimum Gasteiger partial charge on any atom is -0.463 e. The van der Waals surface area contributed by atoms with Crippen molar-refractivity contribution in [2.24, 2.45) is 0 Å². The Balaban J connectivity index is 2.98. The summed E-state index contributed by atoms with van der Waals surface area (Å²) in [5, 5.41) is 2.66. The maximum atomic E-state index is 11.9. The van der Waals surface area contributed by atoms with Gasteiger partial charge in [-0.1, -0.05) is 12.1 Å². The van der Waals surface area contributed by atoms with E-state index in [9.17, 15) is 18.0 Å². The van der Waals surface area contributed by atoms with E-state index in [4.69, 9.17) is 8.92 Å². The number of esters is 1. The molecular weight excluding hydrogens is 334 g/mol. The standard InChI is InChI=1S/C16H23NO6S/c1-11(2)22-16(19)9-14(10-17-12(3)18)13-6-5-7-15(8-13)23-24(4,20)21/h5-8,11,14H,9-10H2,1-4H3,(H,17,18). The average Bonchev–Trinajstić information content (AvgIpc) is 2.40. The second-order valence-electron chi connectivity index (χ2n) is 5.74. The highest BCUT2D eigenvalue weighted by molar-refractivity contribution is 7.86. The summed E-state index contributed by atoms with van der Waals surface area (Å²) in [5.41, 5.74) is 0.672. The van der Waals surface area contributed by atoms with Crippen LogP contribution >= 0.6 is 0 Å². The molecule has 1 amide bonds. The third kappa shape index (κ3) is 7.96. The van der Waals surface area contributed by atoms with Crippen LogP contribution in [0, 0.1) is 0 Å². The number of carbonyl (C=O) groups excluding carboxylic acids is 2. The third-order valence-corrected chi connectivity index (χ3v) is 3.45. The summed E-state index contributed by atoms with van der Waals surface area (Å²) in [5.74, 6) is -0.820. The van der Waals surface area contributed by atoms with Gasteiger partial charge in [0.25, 0.3) is 0 Å². The van der Waals surface area contributed by atoms with Gasteiger partial charge in [0.1, 0.15) is 5.75 Å². The molecule has 0 bridgehead atoms. The van der Waals surface area contributed by atoms with Gasteiger partial charge in [0, 0.05) is 19.4 Å². The van der Waals surface area contributed by atoms with Gasteiger partial charge < -0.3 is 14.2 Å². The molecule has 134 valence electrons. The average molecular weight is 357 g/mol. The van der Waals surface area contributed by atoms with E-state index in [0.29, 0.717) is 5.56 Å². The lowest BCUT2D eigenvalue weighted by Crippen LogP contribution is -2.28. The van der Waals surface area contributed by atoms with Crippen LogP contribution in [0.3, 0.4) is 0 Å². The molecule has 7 nitrogen and oxygen atoms in total. The van der Waals surface area contributed by atoms with Crippen molar-refractivity contribution in [1.82, 2.24) is 5.32 Å². The number of amides is 1. The molecule has 0 spiro atoms. The van der Waals surface area contributed by atoms with Gasteiger partial charge in [-0.2, -0.15) is 8.42 Å². The highest BCUT2D eigenvalue weighted by Gasteiger charge is 2.19. The van der Waals surface area contributed by atoms with Crippen molar-refractivity contribution in [2.75, 3.05) is 12.8 Å². The molecule has 0 aliphatic carbocycles. The quantitative estimate of drug-likeness (QED) is 0.560. The van der Waals surface area contributed by atoms with Crippen molar-refractivity contribution in [1.29, 1.82) is 0 Å². The first-order valence-corrected chi connectivity index (χ1v) is 9.32. The maximum absolute atomic E-state index is 11.9. The second-order valence-corrected chi connectivity index (χ2v) is 7.31. The number of hydrogen-bond donors (Lipinski definition) is 1. The van der Waals surface area contributed by atoms with Crippen LogP contribution in [0.1, 0.15) is 38.7 Å². The fraction of sp³-hybridized carbons (Fsp3) is 0.500. The van der Waals surface area contributed by atoms with E-state index in [-0.39, 0.29) is 36.6 Å². The largest absolute Gasteiger partial charge is 0.463 e. The van der Waals surface area contributed by atoms with Crippen LogP contribution in [-0.2, 0) is 24.4 Å². The zero-order valence-corrected chi connectivity index (χ0v) is 15.1. The summed E-state index contributed by atoms with van der Waals surface area (Å²) in [6.45, 7) is 5.11. The Morgan fingerprint density at radius 3 is 2.46 bits per heavy atom. The molecule has 1 rings (SSSR count). The van der Waals surface area contributed by atoms with Crippen molar-refractivity contribution >= 4 is 22.0 Å². The topological polar surface area (TPSA) is 98.8 Å². The zero-order chi connectivity index (χ0) is 18.3. The minimum absolute atomic E-state index is 0.0563. The molecule has 8 heteroatoms. The summed E-state index contributed by atoms with van der Waals surface area (Å²) >= 11 is 0. The second kappa shape index (κ2) is 8.68.